The van der Waals surface area contributed by atoms with Gasteiger partial charge in [-0.1, -0.05) is 25.5 Å². The molecule has 0 saturated heterocycles. The van der Waals surface area contributed by atoms with Crippen molar-refractivity contribution in [1.29, 1.82) is 0 Å². The largest absolute Gasteiger partial charge is 0.464 e. The molecule has 0 aliphatic carbocycles. The zero-order chi connectivity index (χ0) is 14.3. The molecule has 1 aromatic carbocycles. The van der Waals surface area contributed by atoms with Crippen molar-refractivity contribution in [3.05, 3.63) is 39.9 Å². The third-order valence-electron chi connectivity index (χ3n) is 2.59. The van der Waals surface area contributed by atoms with E-state index >= 15 is 0 Å². The Hall–Kier alpha value is -1.95. The molecule has 1 atom stereocenters. The lowest BCUT2D eigenvalue weighted by Gasteiger charge is -2.10. The van der Waals surface area contributed by atoms with Crippen molar-refractivity contribution in [2.75, 3.05) is 6.61 Å². The fourth-order valence-corrected chi connectivity index (χ4v) is 1.47. The number of unbranched alkanes of at least 4 members (excludes halogenated alkanes) is 1. The molecule has 1 N–H and O–H groups in total. The molecule has 0 aromatic heterocycles. The molecule has 0 heterocycles. The molecule has 0 aliphatic heterocycles. The first kappa shape index (κ1) is 15.1. The maximum Gasteiger partial charge on any atom is 0.335 e. The van der Waals surface area contributed by atoms with Crippen molar-refractivity contribution in [2.24, 2.45) is 0 Å². The Bertz CT molecular complexity index is 429. The molecule has 104 valence electrons. The maximum atomic E-state index is 11.4. The molecule has 0 saturated carbocycles. The number of nitro groups is 1. The lowest BCUT2D eigenvalue weighted by molar-refractivity contribution is -0.384. The zero-order valence-electron chi connectivity index (χ0n) is 10.7. The van der Waals surface area contributed by atoms with E-state index in [9.17, 15) is 20.0 Å². The minimum atomic E-state index is -1.24. The summed E-state index contributed by atoms with van der Waals surface area (Å²) in [7, 11) is 0. The monoisotopic (exact) mass is 267 g/mol. The van der Waals surface area contributed by atoms with Gasteiger partial charge in [0.25, 0.3) is 5.69 Å². The van der Waals surface area contributed by atoms with Gasteiger partial charge in [0.2, 0.25) is 0 Å². The van der Waals surface area contributed by atoms with E-state index in [-0.39, 0.29) is 12.1 Å². The summed E-state index contributed by atoms with van der Waals surface area (Å²) in [6.07, 6.45) is 0.517. The first-order valence-electron chi connectivity index (χ1n) is 6.12. The lowest BCUT2D eigenvalue weighted by atomic mass is 10.1. The highest BCUT2D eigenvalue weighted by Gasteiger charge is 2.17. The Morgan fingerprint density at radius 3 is 2.58 bits per heavy atom. The molecular formula is C13H17NO5. The van der Waals surface area contributed by atoms with Crippen LogP contribution in [-0.2, 0) is 16.0 Å². The van der Waals surface area contributed by atoms with Crippen LogP contribution in [0.2, 0.25) is 0 Å². The van der Waals surface area contributed by atoms with Crippen LogP contribution in [0.1, 0.15) is 25.3 Å². The molecular weight excluding hydrogens is 250 g/mol. The lowest BCUT2D eigenvalue weighted by Crippen LogP contribution is -2.25. The Kier molecular flexibility index (Phi) is 5.95. The highest BCUT2D eigenvalue weighted by atomic mass is 16.6. The summed E-state index contributed by atoms with van der Waals surface area (Å²) in [4.78, 5) is 21.4. The number of esters is 1. The predicted octanol–water partition coefficient (Wildman–Crippen LogP) is 1.84. The van der Waals surface area contributed by atoms with Gasteiger partial charge in [0.1, 0.15) is 0 Å². The van der Waals surface area contributed by atoms with Gasteiger partial charge in [-0.3, -0.25) is 10.1 Å². The quantitative estimate of drug-likeness (QED) is 0.352. The van der Waals surface area contributed by atoms with Crippen molar-refractivity contribution >= 4 is 11.7 Å². The van der Waals surface area contributed by atoms with E-state index in [1.807, 2.05) is 6.92 Å². The third-order valence-corrected chi connectivity index (χ3v) is 2.59. The fraction of sp³-hybridized carbons (Fsp3) is 0.462. The third kappa shape index (κ3) is 5.05. The summed E-state index contributed by atoms with van der Waals surface area (Å²) < 4.78 is 4.88. The zero-order valence-corrected chi connectivity index (χ0v) is 10.7. The average Bonchev–Trinajstić information content (AvgIpc) is 2.39. The second-order valence-electron chi connectivity index (χ2n) is 4.16. The standard InChI is InChI=1S/C13H17NO5/c1-2-3-8-19-13(16)12(15)9-10-4-6-11(7-5-10)14(17)18/h4-7,12,15H,2-3,8-9H2,1H3/t12-/m1/s1. The molecule has 0 radical (unpaired) electrons. The van der Waals surface area contributed by atoms with E-state index in [1.54, 1.807) is 0 Å². The molecule has 0 amide bonds. The van der Waals surface area contributed by atoms with E-state index in [2.05, 4.69) is 0 Å². The Morgan fingerprint density at radius 1 is 1.42 bits per heavy atom. The Balaban J connectivity index is 2.49. The van der Waals surface area contributed by atoms with E-state index in [1.165, 1.54) is 24.3 Å². The van der Waals surface area contributed by atoms with Gasteiger partial charge in [-0.25, -0.2) is 4.79 Å². The van der Waals surface area contributed by atoms with Gasteiger partial charge in [-0.15, -0.1) is 0 Å². The summed E-state index contributed by atoms with van der Waals surface area (Å²) in [6, 6.07) is 5.70. The van der Waals surface area contributed by atoms with Crippen LogP contribution in [-0.4, -0.2) is 28.7 Å². The highest BCUT2D eigenvalue weighted by molar-refractivity contribution is 5.74. The van der Waals surface area contributed by atoms with Crippen LogP contribution in [0.3, 0.4) is 0 Å². The van der Waals surface area contributed by atoms with Crippen LogP contribution in [0, 0.1) is 10.1 Å². The number of hydrogen-bond acceptors (Lipinski definition) is 5. The van der Waals surface area contributed by atoms with Gasteiger partial charge in [-0.2, -0.15) is 0 Å². The van der Waals surface area contributed by atoms with Gasteiger partial charge in [-0.05, 0) is 12.0 Å². The van der Waals surface area contributed by atoms with Gasteiger partial charge in [0.05, 0.1) is 11.5 Å². The van der Waals surface area contributed by atoms with Crippen molar-refractivity contribution in [2.45, 2.75) is 32.3 Å². The summed E-state index contributed by atoms with van der Waals surface area (Å²) >= 11 is 0. The molecule has 0 aliphatic rings. The molecule has 1 rings (SSSR count). The van der Waals surface area contributed by atoms with Crippen molar-refractivity contribution in [1.82, 2.24) is 0 Å². The summed E-state index contributed by atoms with van der Waals surface area (Å²) in [5.41, 5.74) is 0.620. The molecule has 19 heavy (non-hydrogen) atoms. The van der Waals surface area contributed by atoms with E-state index in [0.29, 0.717) is 12.2 Å². The number of carbonyl (C=O) groups is 1. The highest BCUT2D eigenvalue weighted by Crippen LogP contribution is 2.13. The number of aliphatic hydroxyl groups is 1. The Labute approximate surface area is 111 Å². The first-order chi connectivity index (χ1) is 9.04. The minimum Gasteiger partial charge on any atom is -0.464 e. The van der Waals surface area contributed by atoms with Gasteiger partial charge in [0, 0.05) is 18.6 Å². The minimum absolute atomic E-state index is 0.0243. The number of benzene rings is 1. The van der Waals surface area contributed by atoms with Gasteiger partial charge >= 0.3 is 5.97 Å². The second kappa shape index (κ2) is 7.48. The van der Waals surface area contributed by atoms with Crippen LogP contribution in [0.5, 0.6) is 0 Å². The molecule has 0 bridgehead atoms. The van der Waals surface area contributed by atoms with E-state index in [0.717, 1.165) is 12.8 Å². The maximum absolute atomic E-state index is 11.4. The summed E-state index contributed by atoms with van der Waals surface area (Å²) in [5, 5.41) is 20.1. The van der Waals surface area contributed by atoms with Crippen molar-refractivity contribution in [3.8, 4) is 0 Å². The number of rotatable bonds is 7. The van der Waals surface area contributed by atoms with Crippen LogP contribution < -0.4 is 0 Å². The van der Waals surface area contributed by atoms with Crippen LogP contribution >= 0.6 is 0 Å². The number of aliphatic hydroxyl groups excluding tert-OH is 1. The van der Waals surface area contributed by atoms with E-state index in [4.69, 9.17) is 4.74 Å². The SMILES string of the molecule is CCCCOC(=O)[C@H](O)Cc1ccc([N+](=O)[O-])cc1. The first-order valence-corrected chi connectivity index (χ1v) is 6.12. The molecule has 0 unspecified atom stereocenters. The molecule has 6 nitrogen and oxygen atoms in total. The van der Waals surface area contributed by atoms with E-state index < -0.39 is 17.0 Å². The van der Waals surface area contributed by atoms with Gasteiger partial charge in [0.15, 0.2) is 6.10 Å². The molecule has 0 fully saturated rings. The number of nitro benzene ring substituents is 1. The number of carbonyl (C=O) groups excluding carboxylic acids is 1. The molecule has 0 spiro atoms. The number of ether oxygens (including phenoxy) is 1. The Morgan fingerprint density at radius 2 is 2.05 bits per heavy atom. The topological polar surface area (TPSA) is 89.7 Å². The van der Waals surface area contributed by atoms with Crippen molar-refractivity contribution < 1.29 is 19.6 Å². The number of hydrogen-bond donors (Lipinski definition) is 1. The summed E-state index contributed by atoms with van der Waals surface area (Å²) in [5.74, 6) is -0.660. The van der Waals surface area contributed by atoms with Crippen LogP contribution in [0.4, 0.5) is 5.69 Å². The smallest absolute Gasteiger partial charge is 0.335 e. The molecule has 1 aromatic rings. The normalized spacial score (nSPS) is 11.9. The van der Waals surface area contributed by atoms with Crippen LogP contribution in [0.25, 0.3) is 0 Å². The van der Waals surface area contributed by atoms with Gasteiger partial charge < -0.3 is 9.84 Å². The summed E-state index contributed by atoms with van der Waals surface area (Å²) in [6.45, 7) is 2.27. The predicted molar refractivity (Wildman–Crippen MR) is 68.7 cm³/mol. The second-order valence-corrected chi connectivity index (χ2v) is 4.16. The number of non-ortho nitro benzene ring substituents is 1. The number of nitrogens with zero attached hydrogens (tertiary/aromatic N) is 1. The average molecular weight is 267 g/mol. The van der Waals surface area contributed by atoms with Crippen LogP contribution in [0.15, 0.2) is 24.3 Å². The van der Waals surface area contributed by atoms with Crippen molar-refractivity contribution in [3.63, 3.8) is 0 Å². The fourth-order valence-electron chi connectivity index (χ4n) is 1.47. The molecule has 6 heteroatoms.